The Kier molecular flexibility index (Phi) is 8.42. The average Bonchev–Trinajstić information content (AvgIpc) is 3.41. The first-order valence-electron chi connectivity index (χ1n) is 12.0. The number of likely N-dealkylation sites (tertiary alicyclic amines) is 1. The maximum Gasteiger partial charge on any atom is 0.277 e. The van der Waals surface area contributed by atoms with Crippen molar-refractivity contribution < 1.29 is 19.1 Å². The van der Waals surface area contributed by atoms with Crippen molar-refractivity contribution in [1.82, 2.24) is 14.9 Å². The normalized spacial score (nSPS) is 13.7. The molecule has 2 heterocycles. The van der Waals surface area contributed by atoms with Crippen LogP contribution in [0.2, 0.25) is 5.02 Å². The second kappa shape index (κ2) is 11.9. The van der Waals surface area contributed by atoms with Crippen LogP contribution < -0.4 is 20.7 Å². The fourth-order valence-corrected chi connectivity index (χ4v) is 4.56. The van der Waals surface area contributed by atoms with Crippen molar-refractivity contribution in [3.05, 3.63) is 70.8 Å². The molecule has 1 aromatic heterocycles. The lowest BCUT2D eigenvalue weighted by Gasteiger charge is -2.30. The number of carbonyl (C=O) groups excluding carboxylic acids is 3. The molecular formula is C26H29ClN6O4. The molecule has 0 bridgehead atoms. The van der Waals surface area contributed by atoms with E-state index in [2.05, 4.69) is 20.2 Å². The average molecular weight is 525 g/mol. The zero-order valence-electron chi connectivity index (χ0n) is 20.5. The number of nitrogens with one attached hydrogen (secondary N) is 2. The quantitative estimate of drug-likeness (QED) is 0.392. The molecule has 3 aromatic rings. The van der Waals surface area contributed by atoms with Crippen molar-refractivity contribution in [2.75, 3.05) is 43.5 Å². The zero-order chi connectivity index (χ0) is 26.4. The van der Waals surface area contributed by atoms with E-state index in [1.807, 2.05) is 0 Å². The number of carbonyl (C=O) groups is 3. The molecule has 0 unspecified atom stereocenters. The maximum atomic E-state index is 13.6. The second-order valence-electron chi connectivity index (χ2n) is 8.67. The lowest BCUT2D eigenvalue weighted by Crippen LogP contribution is -2.41. The smallest absolute Gasteiger partial charge is 0.277 e. The minimum absolute atomic E-state index is 0.0150. The predicted octanol–water partition coefficient (Wildman–Crippen LogP) is 3.56. The van der Waals surface area contributed by atoms with Crippen molar-refractivity contribution in [1.29, 1.82) is 0 Å². The molecule has 1 aliphatic heterocycles. The first-order valence-corrected chi connectivity index (χ1v) is 12.4. The lowest BCUT2D eigenvalue weighted by atomic mass is 10.1. The number of nitrogens with two attached hydrogens (primary N) is 1. The van der Waals surface area contributed by atoms with Gasteiger partial charge >= 0.3 is 0 Å². The number of amides is 3. The van der Waals surface area contributed by atoms with Crippen LogP contribution in [0.3, 0.4) is 0 Å². The number of aromatic amines is 1. The van der Waals surface area contributed by atoms with Gasteiger partial charge in [-0.3, -0.25) is 14.4 Å². The molecule has 3 amide bonds. The fourth-order valence-electron chi connectivity index (χ4n) is 4.34. The van der Waals surface area contributed by atoms with Crippen LogP contribution in [-0.4, -0.2) is 65.9 Å². The molecule has 0 atom stereocenters. The Bertz CT molecular complexity index is 1290. The van der Waals surface area contributed by atoms with Crippen molar-refractivity contribution >= 4 is 40.7 Å². The Morgan fingerprint density at radius 3 is 2.62 bits per heavy atom. The third kappa shape index (κ3) is 6.10. The first-order chi connectivity index (χ1) is 17.9. The molecule has 4 rings (SSSR count). The number of aromatic nitrogens is 2. The highest BCUT2D eigenvalue weighted by Crippen LogP contribution is 2.31. The third-order valence-electron chi connectivity index (χ3n) is 6.28. The molecule has 0 aliphatic carbocycles. The van der Waals surface area contributed by atoms with Gasteiger partial charge in [0.05, 0.1) is 29.7 Å². The number of hydrogen-bond donors (Lipinski definition) is 3. The van der Waals surface area contributed by atoms with Gasteiger partial charge in [-0.15, -0.1) is 0 Å². The Balaban J connectivity index is 1.62. The van der Waals surface area contributed by atoms with E-state index in [1.165, 1.54) is 19.9 Å². The Hall–Kier alpha value is -3.89. The van der Waals surface area contributed by atoms with Crippen molar-refractivity contribution in [3.8, 4) is 5.75 Å². The molecule has 194 valence electrons. The maximum absolute atomic E-state index is 13.6. The SMILES string of the molecule is COc1cc(N(CCN2CCCCC2)C(=O)c2[nH]cnc2C(N)=O)ccc1NC(=O)c1ccccc1Cl. The van der Waals surface area contributed by atoms with Crippen LogP contribution in [0.1, 0.15) is 50.6 Å². The standard InChI is InChI=1S/C26H29ClN6O4/c1-37-21-15-17(9-10-20(21)31-25(35)18-7-3-4-8-19(18)27)33(14-13-32-11-5-2-6-12-32)26(36)23-22(24(28)34)29-16-30-23/h3-4,7-10,15-16H,2,5-6,11-14H2,1H3,(H2,28,34)(H,29,30)(H,31,35). The lowest BCUT2D eigenvalue weighted by molar-refractivity contribution is 0.0952. The largest absolute Gasteiger partial charge is 0.494 e. The number of primary amides is 1. The molecule has 1 fully saturated rings. The highest BCUT2D eigenvalue weighted by Gasteiger charge is 2.26. The Morgan fingerprint density at radius 1 is 1.16 bits per heavy atom. The van der Waals surface area contributed by atoms with E-state index in [-0.39, 0.29) is 11.4 Å². The van der Waals surface area contributed by atoms with Crippen LogP contribution in [-0.2, 0) is 0 Å². The molecular weight excluding hydrogens is 496 g/mol. The van der Waals surface area contributed by atoms with Gasteiger partial charge in [-0.2, -0.15) is 0 Å². The molecule has 0 spiro atoms. The predicted molar refractivity (Wildman–Crippen MR) is 141 cm³/mol. The van der Waals surface area contributed by atoms with Crippen LogP contribution in [0.15, 0.2) is 48.8 Å². The molecule has 11 heteroatoms. The summed E-state index contributed by atoms with van der Waals surface area (Å²) in [6, 6.07) is 11.8. The summed E-state index contributed by atoms with van der Waals surface area (Å²) in [6.45, 7) is 2.95. The van der Waals surface area contributed by atoms with Gasteiger partial charge in [-0.25, -0.2) is 4.98 Å². The van der Waals surface area contributed by atoms with E-state index in [4.69, 9.17) is 22.1 Å². The number of imidazole rings is 1. The number of nitrogens with zero attached hydrogens (tertiary/aromatic N) is 3. The molecule has 0 radical (unpaired) electrons. The minimum Gasteiger partial charge on any atom is -0.494 e. The molecule has 37 heavy (non-hydrogen) atoms. The Morgan fingerprint density at radius 2 is 1.92 bits per heavy atom. The van der Waals surface area contributed by atoms with Gasteiger partial charge < -0.3 is 30.6 Å². The van der Waals surface area contributed by atoms with E-state index in [9.17, 15) is 14.4 Å². The fraction of sp³-hybridized carbons (Fsp3) is 0.308. The van der Waals surface area contributed by atoms with Crippen molar-refractivity contribution in [2.24, 2.45) is 5.73 Å². The van der Waals surface area contributed by atoms with E-state index >= 15 is 0 Å². The first kappa shape index (κ1) is 26.2. The number of hydrogen-bond acceptors (Lipinski definition) is 6. The van der Waals surface area contributed by atoms with Crippen LogP contribution in [0.5, 0.6) is 5.75 Å². The summed E-state index contributed by atoms with van der Waals surface area (Å²) < 4.78 is 5.54. The van der Waals surface area contributed by atoms with Crippen molar-refractivity contribution in [3.63, 3.8) is 0 Å². The van der Waals surface area contributed by atoms with Crippen molar-refractivity contribution in [2.45, 2.75) is 19.3 Å². The number of benzene rings is 2. The number of rotatable bonds is 9. The van der Waals surface area contributed by atoms with E-state index in [1.54, 1.807) is 47.4 Å². The number of ether oxygens (including phenoxy) is 1. The van der Waals surface area contributed by atoms with E-state index in [0.717, 1.165) is 25.9 Å². The van der Waals surface area contributed by atoms with Gasteiger partial charge in [0.15, 0.2) is 5.69 Å². The molecule has 4 N–H and O–H groups in total. The van der Waals surface area contributed by atoms with E-state index in [0.29, 0.717) is 40.8 Å². The van der Waals surface area contributed by atoms with Crippen LogP contribution in [0, 0.1) is 0 Å². The van der Waals surface area contributed by atoms with Gasteiger partial charge in [0.2, 0.25) is 0 Å². The van der Waals surface area contributed by atoms with Crippen LogP contribution in [0.25, 0.3) is 0 Å². The highest BCUT2D eigenvalue weighted by atomic mass is 35.5. The van der Waals surface area contributed by atoms with Crippen LogP contribution in [0.4, 0.5) is 11.4 Å². The summed E-state index contributed by atoms with van der Waals surface area (Å²) in [5, 5.41) is 3.14. The number of anilines is 2. The number of H-pyrrole nitrogens is 1. The third-order valence-corrected chi connectivity index (χ3v) is 6.61. The summed E-state index contributed by atoms with van der Waals surface area (Å²) in [6.07, 6.45) is 4.71. The Labute approximate surface area is 219 Å². The monoisotopic (exact) mass is 524 g/mol. The summed E-state index contributed by atoms with van der Waals surface area (Å²) in [4.78, 5) is 48.7. The van der Waals surface area contributed by atoms with Gasteiger partial charge in [-0.05, 0) is 50.2 Å². The molecule has 2 aromatic carbocycles. The molecule has 10 nitrogen and oxygen atoms in total. The summed E-state index contributed by atoms with van der Waals surface area (Å²) in [5.41, 5.74) is 6.59. The number of halogens is 1. The van der Waals surface area contributed by atoms with Gasteiger partial charge in [0, 0.05) is 24.8 Å². The van der Waals surface area contributed by atoms with Crippen LogP contribution >= 0.6 is 11.6 Å². The van der Waals surface area contributed by atoms with Gasteiger partial charge in [0.25, 0.3) is 17.7 Å². The highest BCUT2D eigenvalue weighted by molar-refractivity contribution is 6.34. The minimum atomic E-state index is -0.796. The molecule has 1 aliphatic rings. The van der Waals surface area contributed by atoms with Gasteiger partial charge in [-0.1, -0.05) is 30.2 Å². The summed E-state index contributed by atoms with van der Waals surface area (Å²) in [5.74, 6) is -1.28. The topological polar surface area (TPSA) is 134 Å². The second-order valence-corrected chi connectivity index (χ2v) is 9.08. The zero-order valence-corrected chi connectivity index (χ0v) is 21.3. The van der Waals surface area contributed by atoms with Gasteiger partial charge in [0.1, 0.15) is 11.4 Å². The number of methoxy groups -OCH3 is 1. The summed E-state index contributed by atoms with van der Waals surface area (Å²) >= 11 is 6.16. The molecule has 0 saturated carbocycles. The number of piperidine rings is 1. The summed E-state index contributed by atoms with van der Waals surface area (Å²) in [7, 11) is 1.48. The van der Waals surface area contributed by atoms with E-state index < -0.39 is 17.7 Å². The molecule has 1 saturated heterocycles.